The molecule has 0 aliphatic carbocycles. The van der Waals surface area contributed by atoms with E-state index < -0.39 is 30.1 Å². The highest BCUT2D eigenvalue weighted by Gasteiger charge is 2.12. The second-order valence-electron chi connectivity index (χ2n) is 4.98. The molecule has 2 aromatic carbocycles. The molecule has 0 atom stereocenters. The number of benzene rings is 2. The molecule has 132 valence electrons. The van der Waals surface area contributed by atoms with Gasteiger partial charge in [-0.3, -0.25) is 9.59 Å². The molecule has 5 nitrogen and oxygen atoms in total. The number of rotatable bonds is 6. The highest BCUT2D eigenvalue weighted by atomic mass is 35.5. The van der Waals surface area contributed by atoms with E-state index in [2.05, 4.69) is 5.32 Å². The zero-order valence-electron chi connectivity index (χ0n) is 13.1. The number of anilines is 1. The van der Waals surface area contributed by atoms with E-state index in [1.54, 1.807) is 0 Å². The van der Waals surface area contributed by atoms with Gasteiger partial charge in [0.05, 0.1) is 19.2 Å². The number of carbonyl (C=O) groups excluding carboxylic acids is 2. The summed E-state index contributed by atoms with van der Waals surface area (Å²) in [6, 6.07) is 7.69. The van der Waals surface area contributed by atoms with Crippen LogP contribution in [0.3, 0.4) is 0 Å². The standard InChI is InChI=1S/C17H14ClF2NO4/c1-24-15-5-2-10(6-13(15)20)7-17(23)25-9-16(22)21-14-8-11(18)3-4-12(14)19/h2-6,8H,7,9H2,1H3,(H,21,22). The first-order chi connectivity index (χ1) is 11.9. The van der Waals surface area contributed by atoms with Crippen molar-refractivity contribution < 1.29 is 27.8 Å². The van der Waals surface area contributed by atoms with Gasteiger partial charge in [-0.1, -0.05) is 17.7 Å². The Morgan fingerprint density at radius 2 is 1.88 bits per heavy atom. The van der Waals surface area contributed by atoms with Gasteiger partial charge in [0.2, 0.25) is 0 Å². The maximum Gasteiger partial charge on any atom is 0.310 e. The molecule has 8 heteroatoms. The Morgan fingerprint density at radius 3 is 2.56 bits per heavy atom. The number of methoxy groups -OCH3 is 1. The molecule has 0 spiro atoms. The normalized spacial score (nSPS) is 10.2. The fourth-order valence-corrected chi connectivity index (χ4v) is 2.14. The van der Waals surface area contributed by atoms with E-state index in [1.165, 1.54) is 31.4 Å². The number of ether oxygens (including phenoxy) is 2. The van der Waals surface area contributed by atoms with E-state index in [0.29, 0.717) is 5.56 Å². The molecule has 0 saturated heterocycles. The molecule has 0 aliphatic heterocycles. The molecular formula is C17H14ClF2NO4. The van der Waals surface area contributed by atoms with E-state index >= 15 is 0 Å². The molecule has 0 heterocycles. The lowest BCUT2D eigenvalue weighted by atomic mass is 10.1. The Bertz CT molecular complexity index is 798. The Morgan fingerprint density at radius 1 is 1.12 bits per heavy atom. The van der Waals surface area contributed by atoms with Crippen molar-refractivity contribution in [1.29, 1.82) is 0 Å². The maximum absolute atomic E-state index is 13.5. The van der Waals surface area contributed by atoms with Gasteiger partial charge < -0.3 is 14.8 Å². The Kier molecular flexibility index (Phi) is 6.30. The molecule has 25 heavy (non-hydrogen) atoms. The largest absolute Gasteiger partial charge is 0.494 e. The number of hydrogen-bond donors (Lipinski definition) is 1. The van der Waals surface area contributed by atoms with Crippen LogP contribution in [0.5, 0.6) is 5.75 Å². The molecule has 1 amide bonds. The minimum Gasteiger partial charge on any atom is -0.494 e. The predicted octanol–water partition coefficient (Wildman–Crippen LogP) is 3.35. The summed E-state index contributed by atoms with van der Waals surface area (Å²) in [7, 11) is 1.33. The summed E-state index contributed by atoms with van der Waals surface area (Å²) >= 11 is 5.71. The lowest BCUT2D eigenvalue weighted by molar-refractivity contribution is -0.146. The van der Waals surface area contributed by atoms with Crippen LogP contribution >= 0.6 is 11.6 Å². The Hall–Kier alpha value is -2.67. The molecule has 0 fully saturated rings. The van der Waals surface area contributed by atoms with E-state index in [1.807, 2.05) is 0 Å². The van der Waals surface area contributed by atoms with Gasteiger partial charge in [-0.2, -0.15) is 0 Å². The van der Waals surface area contributed by atoms with Gasteiger partial charge in [-0.05, 0) is 35.9 Å². The van der Waals surface area contributed by atoms with Crippen molar-refractivity contribution in [1.82, 2.24) is 0 Å². The molecule has 1 N–H and O–H groups in total. The highest BCUT2D eigenvalue weighted by molar-refractivity contribution is 6.30. The summed E-state index contributed by atoms with van der Waals surface area (Å²) in [6.07, 6.45) is -0.222. The minimum atomic E-state index is -0.730. The fourth-order valence-electron chi connectivity index (χ4n) is 1.96. The number of amides is 1. The Labute approximate surface area is 147 Å². The van der Waals surface area contributed by atoms with Crippen LogP contribution in [-0.4, -0.2) is 25.6 Å². The summed E-state index contributed by atoms with van der Waals surface area (Å²) in [6.45, 7) is -0.608. The van der Waals surface area contributed by atoms with Crippen LogP contribution in [0.1, 0.15) is 5.56 Å². The monoisotopic (exact) mass is 369 g/mol. The van der Waals surface area contributed by atoms with Crippen molar-refractivity contribution in [2.45, 2.75) is 6.42 Å². The minimum absolute atomic E-state index is 0.0556. The third-order valence-electron chi connectivity index (χ3n) is 3.13. The smallest absolute Gasteiger partial charge is 0.310 e. The quantitative estimate of drug-likeness (QED) is 0.793. The van der Waals surface area contributed by atoms with Crippen molar-refractivity contribution in [2.75, 3.05) is 19.0 Å². The van der Waals surface area contributed by atoms with Crippen LogP contribution in [0.4, 0.5) is 14.5 Å². The lowest BCUT2D eigenvalue weighted by Crippen LogP contribution is -2.22. The zero-order chi connectivity index (χ0) is 18.4. The van der Waals surface area contributed by atoms with Crippen molar-refractivity contribution in [3.8, 4) is 5.75 Å². The first kappa shape index (κ1) is 18.7. The molecule has 0 saturated carbocycles. The van der Waals surface area contributed by atoms with Gasteiger partial charge in [0.1, 0.15) is 5.82 Å². The molecule has 0 unspecified atom stereocenters. The molecule has 0 aromatic heterocycles. The van der Waals surface area contributed by atoms with Gasteiger partial charge in [0.25, 0.3) is 5.91 Å². The Balaban J connectivity index is 1.86. The topological polar surface area (TPSA) is 64.6 Å². The number of carbonyl (C=O) groups is 2. The zero-order valence-corrected chi connectivity index (χ0v) is 13.9. The number of halogens is 3. The number of nitrogens with one attached hydrogen (secondary N) is 1. The highest BCUT2D eigenvalue weighted by Crippen LogP contribution is 2.20. The van der Waals surface area contributed by atoms with Gasteiger partial charge in [-0.25, -0.2) is 8.78 Å². The van der Waals surface area contributed by atoms with Crippen molar-refractivity contribution in [3.63, 3.8) is 0 Å². The van der Waals surface area contributed by atoms with Crippen LogP contribution in [0.15, 0.2) is 36.4 Å². The summed E-state index contributed by atoms with van der Waals surface area (Å²) in [5.74, 6) is -2.68. The van der Waals surface area contributed by atoms with Crippen molar-refractivity contribution in [2.24, 2.45) is 0 Å². The van der Waals surface area contributed by atoms with Crippen LogP contribution in [0, 0.1) is 11.6 Å². The molecule has 0 aliphatic rings. The van der Waals surface area contributed by atoms with Crippen LogP contribution < -0.4 is 10.1 Å². The molecular weight excluding hydrogens is 356 g/mol. The van der Waals surface area contributed by atoms with Crippen molar-refractivity contribution in [3.05, 3.63) is 58.6 Å². The first-order valence-corrected chi connectivity index (χ1v) is 7.50. The molecule has 0 radical (unpaired) electrons. The molecule has 0 bridgehead atoms. The maximum atomic E-state index is 13.5. The van der Waals surface area contributed by atoms with E-state index in [4.69, 9.17) is 21.1 Å². The van der Waals surface area contributed by atoms with Gasteiger partial charge in [0.15, 0.2) is 18.2 Å². The summed E-state index contributed by atoms with van der Waals surface area (Å²) < 4.78 is 36.6. The predicted molar refractivity (Wildman–Crippen MR) is 87.7 cm³/mol. The third kappa shape index (κ3) is 5.42. The second kappa shape index (κ2) is 8.43. The van der Waals surface area contributed by atoms with Crippen LogP contribution in [-0.2, 0) is 20.7 Å². The first-order valence-electron chi connectivity index (χ1n) is 7.12. The third-order valence-corrected chi connectivity index (χ3v) is 3.37. The van der Waals surface area contributed by atoms with Crippen LogP contribution in [0.25, 0.3) is 0 Å². The average molecular weight is 370 g/mol. The van der Waals surface area contributed by atoms with Crippen LogP contribution in [0.2, 0.25) is 5.02 Å². The number of hydrogen-bond acceptors (Lipinski definition) is 4. The summed E-state index contributed by atoms with van der Waals surface area (Å²) in [4.78, 5) is 23.4. The number of esters is 1. The average Bonchev–Trinajstić information content (AvgIpc) is 2.56. The van der Waals surface area contributed by atoms with E-state index in [-0.39, 0.29) is 22.9 Å². The van der Waals surface area contributed by atoms with Gasteiger partial charge >= 0.3 is 5.97 Å². The molecule has 2 rings (SSSR count). The summed E-state index contributed by atoms with van der Waals surface area (Å²) in [5.41, 5.74) is 0.246. The molecule has 2 aromatic rings. The SMILES string of the molecule is COc1ccc(CC(=O)OCC(=O)Nc2cc(Cl)ccc2F)cc1F. The summed E-state index contributed by atoms with van der Waals surface area (Å²) in [5, 5.41) is 2.49. The fraction of sp³-hybridized carbons (Fsp3) is 0.176. The van der Waals surface area contributed by atoms with Gasteiger partial charge in [0, 0.05) is 5.02 Å². The lowest BCUT2D eigenvalue weighted by Gasteiger charge is -2.08. The van der Waals surface area contributed by atoms with Crippen molar-refractivity contribution >= 4 is 29.2 Å². The second-order valence-corrected chi connectivity index (χ2v) is 5.42. The van der Waals surface area contributed by atoms with E-state index in [0.717, 1.165) is 12.1 Å². The van der Waals surface area contributed by atoms with E-state index in [9.17, 15) is 18.4 Å². The van der Waals surface area contributed by atoms with Gasteiger partial charge in [-0.15, -0.1) is 0 Å².